The van der Waals surface area contributed by atoms with Gasteiger partial charge >= 0.3 is 22.5 Å². The molecular formula is C18H29N5O9S. The van der Waals surface area contributed by atoms with Crippen LogP contribution in [0.2, 0.25) is 0 Å². The Balaban J connectivity index is 1.52. The molecular weight excluding hydrogens is 462 g/mol. The van der Waals surface area contributed by atoms with Gasteiger partial charge in [0.05, 0.1) is 12.0 Å². The van der Waals surface area contributed by atoms with Gasteiger partial charge in [-0.25, -0.2) is 9.59 Å². The van der Waals surface area contributed by atoms with Gasteiger partial charge < -0.3 is 14.5 Å². The lowest BCUT2D eigenvalue weighted by Gasteiger charge is -2.33. The molecule has 0 spiro atoms. The van der Waals surface area contributed by atoms with Crippen molar-refractivity contribution >= 4 is 34.3 Å². The summed E-state index contributed by atoms with van der Waals surface area (Å²) >= 11 is 0. The zero-order chi connectivity index (χ0) is 24.6. The lowest BCUT2D eigenvalue weighted by Crippen LogP contribution is -2.56. The van der Waals surface area contributed by atoms with Crippen molar-refractivity contribution in [1.82, 2.24) is 25.7 Å². The smallest absolute Gasteiger partial charge is 0.418 e. The fourth-order valence-electron chi connectivity index (χ4n) is 4.10. The highest BCUT2D eigenvalue weighted by atomic mass is 32.3. The number of carbonyl (C=O) groups is 4. The fourth-order valence-corrected chi connectivity index (χ4v) is 4.48. The van der Waals surface area contributed by atoms with Gasteiger partial charge in [0.2, 0.25) is 5.91 Å². The summed E-state index contributed by atoms with van der Waals surface area (Å²) in [6.07, 6.45) is 1.08. The number of urea groups is 1. The third-order valence-corrected chi connectivity index (χ3v) is 5.90. The molecule has 3 fully saturated rings. The summed E-state index contributed by atoms with van der Waals surface area (Å²) in [5.41, 5.74) is 3.99. The van der Waals surface area contributed by atoms with Gasteiger partial charge in [-0.2, -0.15) is 13.5 Å². The zero-order valence-electron chi connectivity index (χ0n) is 18.6. The summed E-state index contributed by atoms with van der Waals surface area (Å²) in [6.45, 7) is 5.90. The van der Waals surface area contributed by atoms with Crippen molar-refractivity contribution in [2.75, 3.05) is 19.6 Å². The molecule has 3 N–H and O–H groups in total. The van der Waals surface area contributed by atoms with E-state index in [1.54, 1.807) is 20.8 Å². The van der Waals surface area contributed by atoms with E-state index in [0.29, 0.717) is 24.4 Å². The molecule has 0 aromatic heterocycles. The number of hydrogen-bond donors (Lipinski definition) is 3. The molecule has 5 amide bonds. The Morgan fingerprint density at radius 2 is 1.73 bits per heavy atom. The number of nitrogens with one attached hydrogen (secondary N) is 2. The molecule has 3 aliphatic heterocycles. The largest absolute Gasteiger partial charge is 0.444 e. The number of nitrogens with zero attached hydrogens (tertiary/aromatic N) is 3. The second kappa shape index (κ2) is 9.30. The number of ether oxygens (including phenoxy) is 1. The molecule has 0 aliphatic carbocycles. The normalized spacial score (nSPS) is 25.6. The van der Waals surface area contributed by atoms with E-state index in [9.17, 15) is 27.6 Å². The predicted molar refractivity (Wildman–Crippen MR) is 110 cm³/mol. The topological polar surface area (TPSA) is 175 Å². The summed E-state index contributed by atoms with van der Waals surface area (Å²) in [4.78, 5) is 52.4. The summed E-state index contributed by atoms with van der Waals surface area (Å²) < 4.78 is 40.4. The van der Waals surface area contributed by atoms with Gasteiger partial charge in [0.1, 0.15) is 11.6 Å². The molecule has 0 aromatic rings. The van der Waals surface area contributed by atoms with Crippen LogP contribution in [0.1, 0.15) is 46.5 Å². The molecule has 3 atom stereocenters. The third kappa shape index (κ3) is 6.23. The predicted octanol–water partition coefficient (Wildman–Crippen LogP) is -0.216. The van der Waals surface area contributed by atoms with E-state index in [2.05, 4.69) is 15.1 Å². The van der Waals surface area contributed by atoms with Crippen LogP contribution in [0.25, 0.3) is 0 Å². The van der Waals surface area contributed by atoms with Crippen LogP contribution in [0.4, 0.5) is 9.59 Å². The van der Waals surface area contributed by atoms with Crippen molar-refractivity contribution in [3.8, 4) is 0 Å². The first-order valence-electron chi connectivity index (χ1n) is 10.6. The number of fused-ring (bicyclic) bond motifs is 2. The van der Waals surface area contributed by atoms with Crippen LogP contribution in [0, 0.1) is 5.92 Å². The Hall–Kier alpha value is -2.65. The molecule has 15 heteroatoms. The average Bonchev–Trinajstić information content (AvgIpc) is 2.94. The van der Waals surface area contributed by atoms with Crippen molar-refractivity contribution < 1.29 is 41.2 Å². The number of likely N-dealkylation sites (tertiary alicyclic amines) is 1. The van der Waals surface area contributed by atoms with Crippen molar-refractivity contribution in [3.05, 3.63) is 0 Å². The van der Waals surface area contributed by atoms with Gasteiger partial charge in [0.15, 0.2) is 0 Å². The lowest BCUT2D eigenvalue weighted by molar-refractivity contribution is -0.134. The minimum Gasteiger partial charge on any atom is -0.444 e. The fraction of sp³-hybridized carbons (Fsp3) is 0.778. The molecule has 2 bridgehead atoms. The van der Waals surface area contributed by atoms with Crippen LogP contribution in [0.15, 0.2) is 0 Å². The van der Waals surface area contributed by atoms with Gasteiger partial charge in [-0.05, 0) is 46.5 Å². The van der Waals surface area contributed by atoms with E-state index >= 15 is 0 Å². The molecule has 0 unspecified atom stereocenters. The van der Waals surface area contributed by atoms with Crippen molar-refractivity contribution in [3.63, 3.8) is 0 Å². The van der Waals surface area contributed by atoms with Gasteiger partial charge in [0, 0.05) is 19.6 Å². The van der Waals surface area contributed by atoms with Crippen LogP contribution in [0.5, 0.6) is 0 Å². The summed E-state index contributed by atoms with van der Waals surface area (Å²) in [7, 11) is -4.89. The van der Waals surface area contributed by atoms with Gasteiger partial charge in [0.25, 0.3) is 5.91 Å². The molecule has 0 aromatic carbocycles. The lowest BCUT2D eigenvalue weighted by atomic mass is 9.97. The zero-order valence-corrected chi connectivity index (χ0v) is 19.5. The quantitative estimate of drug-likeness (QED) is 0.355. The Labute approximate surface area is 191 Å². The second-order valence-corrected chi connectivity index (χ2v) is 10.3. The first-order valence-corrected chi connectivity index (χ1v) is 12.0. The van der Waals surface area contributed by atoms with Gasteiger partial charge in [-0.15, -0.1) is 4.28 Å². The van der Waals surface area contributed by atoms with E-state index in [0.717, 1.165) is 4.90 Å². The molecule has 0 radical (unpaired) electrons. The maximum Gasteiger partial charge on any atom is 0.418 e. The first kappa shape index (κ1) is 25.0. The molecule has 3 rings (SSSR count). The maximum atomic E-state index is 12.6. The van der Waals surface area contributed by atoms with Crippen LogP contribution in [-0.4, -0.2) is 89.1 Å². The molecule has 3 saturated heterocycles. The van der Waals surface area contributed by atoms with E-state index < -0.39 is 57.9 Å². The summed E-state index contributed by atoms with van der Waals surface area (Å²) in [5.74, 6) is -1.67. The Morgan fingerprint density at radius 3 is 2.36 bits per heavy atom. The number of hydrazine groups is 1. The number of rotatable bonds is 4. The summed E-state index contributed by atoms with van der Waals surface area (Å²) in [5, 5.41) is 0.536. The number of amides is 5. The second-order valence-electron chi connectivity index (χ2n) is 9.25. The Bertz CT molecular complexity index is 919. The molecule has 33 heavy (non-hydrogen) atoms. The number of carbonyl (C=O) groups excluding carboxylic acids is 4. The monoisotopic (exact) mass is 491 g/mol. The number of hydrogen-bond acceptors (Lipinski definition) is 8. The molecule has 3 aliphatic rings. The molecule has 14 nitrogen and oxygen atoms in total. The van der Waals surface area contributed by atoms with E-state index in [4.69, 9.17) is 9.29 Å². The standard InChI is InChI=1S/C18H29N5O9S/c1-18(2,3)31-17(27)21-8-4-5-11(9-21)14(24)19-20-15(25)13-7-6-12-10-22(13)16(26)23(12)32-33(28,29)30/h11-13H,4-10H2,1-3H3,(H,19,24)(H,20,25)(H,28,29,30)/t11-,12-,13+/m1/s1. The van der Waals surface area contributed by atoms with Crippen LogP contribution < -0.4 is 10.9 Å². The molecule has 186 valence electrons. The highest BCUT2D eigenvalue weighted by Crippen LogP contribution is 2.30. The average molecular weight is 492 g/mol. The van der Waals surface area contributed by atoms with E-state index in [1.165, 1.54) is 4.90 Å². The first-order chi connectivity index (χ1) is 15.2. The summed E-state index contributed by atoms with van der Waals surface area (Å²) in [6, 6.07) is -2.45. The van der Waals surface area contributed by atoms with Crippen molar-refractivity contribution in [2.45, 2.75) is 64.1 Å². The van der Waals surface area contributed by atoms with Crippen LogP contribution >= 0.6 is 0 Å². The SMILES string of the molecule is CC(C)(C)OC(=O)N1CCC[C@@H](C(=O)NNC(=O)[C@@H]2CC[C@@H]3CN2C(=O)N3OS(=O)(=O)O)C1. The van der Waals surface area contributed by atoms with Gasteiger partial charge in [-0.3, -0.25) is 25.0 Å². The van der Waals surface area contributed by atoms with Crippen molar-refractivity contribution in [2.24, 2.45) is 5.92 Å². The van der Waals surface area contributed by atoms with Crippen LogP contribution in [-0.2, 0) is 29.0 Å². The molecule has 0 saturated carbocycles. The highest BCUT2D eigenvalue weighted by molar-refractivity contribution is 7.80. The Kier molecular flexibility index (Phi) is 7.04. The number of piperidine rings is 2. The van der Waals surface area contributed by atoms with Crippen LogP contribution in [0.3, 0.4) is 0 Å². The highest BCUT2D eigenvalue weighted by Gasteiger charge is 2.49. The van der Waals surface area contributed by atoms with Crippen molar-refractivity contribution in [1.29, 1.82) is 0 Å². The maximum absolute atomic E-state index is 12.6. The van der Waals surface area contributed by atoms with Gasteiger partial charge in [-0.1, -0.05) is 0 Å². The number of hydroxylamine groups is 2. The minimum atomic E-state index is -4.89. The minimum absolute atomic E-state index is 0.0356. The third-order valence-electron chi connectivity index (χ3n) is 5.55. The Morgan fingerprint density at radius 1 is 1.06 bits per heavy atom. The van der Waals surface area contributed by atoms with E-state index in [-0.39, 0.29) is 25.9 Å². The van der Waals surface area contributed by atoms with E-state index in [1.807, 2.05) is 0 Å². The molecule has 3 heterocycles.